The Balaban J connectivity index is 2.20. The van der Waals surface area contributed by atoms with Crippen LogP contribution in [0, 0.1) is 0 Å². The molecule has 7 heteroatoms. The van der Waals surface area contributed by atoms with Crippen LogP contribution in [0.3, 0.4) is 0 Å². The number of hydrogen-bond acceptors (Lipinski definition) is 6. The minimum absolute atomic E-state index is 0.391. The lowest BCUT2D eigenvalue weighted by Crippen LogP contribution is -2.47. The molecule has 0 radical (unpaired) electrons. The molecule has 5 atom stereocenters. The van der Waals surface area contributed by atoms with Crippen molar-refractivity contribution in [3.05, 3.63) is 0 Å². The van der Waals surface area contributed by atoms with Crippen molar-refractivity contribution in [2.24, 2.45) is 0 Å². The lowest BCUT2D eigenvalue weighted by atomic mass is 10.0. The Morgan fingerprint density at radius 3 is 2.15 bits per heavy atom. The first kappa shape index (κ1) is 16.6. The first-order valence-corrected chi connectivity index (χ1v) is 7.79. The Morgan fingerprint density at radius 2 is 1.60 bits per heavy atom. The molecule has 118 valence electrons. The van der Waals surface area contributed by atoms with Gasteiger partial charge in [0.25, 0.3) is 0 Å². The van der Waals surface area contributed by atoms with E-state index in [1.807, 2.05) is 27.7 Å². The van der Waals surface area contributed by atoms with Crippen LogP contribution in [0.15, 0.2) is 0 Å². The predicted molar refractivity (Wildman–Crippen MR) is 74.5 cm³/mol. The zero-order chi connectivity index (χ0) is 15.1. The van der Waals surface area contributed by atoms with Gasteiger partial charge in [0.15, 0.2) is 17.9 Å². The average Bonchev–Trinajstić information content (AvgIpc) is 2.84. The van der Waals surface area contributed by atoms with Crippen molar-refractivity contribution < 1.29 is 28.8 Å². The molecule has 6 nitrogen and oxygen atoms in total. The number of hydrogen-bond donors (Lipinski definition) is 1. The quantitative estimate of drug-likeness (QED) is 0.769. The van der Waals surface area contributed by atoms with E-state index in [2.05, 4.69) is 15.9 Å². The minimum atomic E-state index is -0.785. The molecule has 1 unspecified atom stereocenters. The van der Waals surface area contributed by atoms with Crippen molar-refractivity contribution >= 4 is 15.9 Å². The van der Waals surface area contributed by atoms with E-state index in [-0.39, 0.29) is 0 Å². The van der Waals surface area contributed by atoms with E-state index in [9.17, 15) is 5.11 Å². The Labute approximate surface area is 127 Å². The van der Waals surface area contributed by atoms with Gasteiger partial charge in [-0.1, -0.05) is 15.9 Å². The van der Waals surface area contributed by atoms with Gasteiger partial charge >= 0.3 is 0 Å². The maximum Gasteiger partial charge on any atom is 0.189 e. The third-order valence-electron chi connectivity index (χ3n) is 3.35. The summed E-state index contributed by atoms with van der Waals surface area (Å²) in [7, 11) is 1.55. The molecular weight excluding hydrogens is 332 g/mol. The Kier molecular flexibility index (Phi) is 4.81. The molecule has 0 saturated carbocycles. The smallest absolute Gasteiger partial charge is 0.189 e. The summed E-state index contributed by atoms with van der Waals surface area (Å²) < 4.78 is 28.6. The lowest BCUT2D eigenvalue weighted by Gasteiger charge is -2.27. The van der Waals surface area contributed by atoms with Crippen LogP contribution in [0.2, 0.25) is 0 Å². The van der Waals surface area contributed by atoms with Crippen molar-refractivity contribution in [2.45, 2.75) is 70.0 Å². The Hall–Kier alpha value is 0.240. The second kappa shape index (κ2) is 5.79. The molecule has 0 aromatic carbocycles. The average molecular weight is 355 g/mol. The van der Waals surface area contributed by atoms with E-state index in [0.717, 1.165) is 0 Å². The highest BCUT2D eigenvalue weighted by Crippen LogP contribution is 2.39. The SMILES string of the molecule is COC1OC(C)(C)O[C@@H]1[C@H]1OC(C)(C)O[C@@H]1[C@H](O)CBr. The molecule has 0 bridgehead atoms. The van der Waals surface area contributed by atoms with E-state index in [1.165, 1.54) is 0 Å². The van der Waals surface area contributed by atoms with Gasteiger partial charge in [-0.15, -0.1) is 0 Å². The molecule has 1 N–H and O–H groups in total. The third kappa shape index (κ3) is 3.35. The number of halogens is 1. The first-order chi connectivity index (χ1) is 9.19. The van der Waals surface area contributed by atoms with Crippen molar-refractivity contribution in [3.63, 3.8) is 0 Å². The highest BCUT2D eigenvalue weighted by atomic mass is 79.9. The Morgan fingerprint density at radius 1 is 1.05 bits per heavy atom. The first-order valence-electron chi connectivity index (χ1n) is 6.67. The fourth-order valence-corrected chi connectivity index (χ4v) is 2.99. The summed E-state index contributed by atoms with van der Waals surface area (Å²) in [6, 6.07) is 0. The monoisotopic (exact) mass is 354 g/mol. The van der Waals surface area contributed by atoms with Crippen LogP contribution >= 0.6 is 15.9 Å². The zero-order valence-corrected chi connectivity index (χ0v) is 14.0. The van der Waals surface area contributed by atoms with E-state index in [0.29, 0.717) is 5.33 Å². The van der Waals surface area contributed by atoms with Crippen LogP contribution in [0.25, 0.3) is 0 Å². The van der Waals surface area contributed by atoms with E-state index in [4.69, 9.17) is 23.7 Å². The van der Waals surface area contributed by atoms with Gasteiger partial charge in [-0.3, -0.25) is 0 Å². The van der Waals surface area contributed by atoms with Crippen LogP contribution in [-0.4, -0.2) is 59.8 Å². The molecule has 2 saturated heterocycles. The molecule has 2 heterocycles. The minimum Gasteiger partial charge on any atom is -0.389 e. The van der Waals surface area contributed by atoms with Crippen LogP contribution in [-0.2, 0) is 23.7 Å². The fourth-order valence-electron chi connectivity index (χ4n) is 2.62. The van der Waals surface area contributed by atoms with Gasteiger partial charge in [-0.05, 0) is 27.7 Å². The molecule has 0 amide bonds. The van der Waals surface area contributed by atoms with E-state index in [1.54, 1.807) is 7.11 Å². The number of aliphatic hydroxyl groups is 1. The highest BCUT2D eigenvalue weighted by molar-refractivity contribution is 9.09. The molecule has 2 aliphatic heterocycles. The number of aliphatic hydroxyl groups excluding tert-OH is 1. The summed E-state index contributed by atoms with van der Waals surface area (Å²) in [6.07, 6.45) is -2.70. The number of ether oxygens (including phenoxy) is 5. The van der Waals surface area contributed by atoms with Crippen LogP contribution in [0.4, 0.5) is 0 Å². The normalized spacial score (nSPS) is 41.0. The van der Waals surface area contributed by atoms with Crippen LogP contribution in [0.5, 0.6) is 0 Å². The zero-order valence-electron chi connectivity index (χ0n) is 12.5. The Bertz CT molecular complexity index is 348. The largest absolute Gasteiger partial charge is 0.389 e. The second-order valence-corrected chi connectivity index (χ2v) is 6.64. The summed E-state index contributed by atoms with van der Waals surface area (Å²) >= 11 is 3.26. The molecule has 0 aromatic rings. The molecule has 2 fully saturated rings. The van der Waals surface area contributed by atoms with Gasteiger partial charge in [-0.2, -0.15) is 0 Å². The molecule has 2 aliphatic rings. The maximum atomic E-state index is 10.1. The van der Waals surface area contributed by atoms with E-state index >= 15 is 0 Å². The van der Waals surface area contributed by atoms with Gasteiger partial charge in [-0.25, -0.2) is 0 Å². The lowest BCUT2D eigenvalue weighted by molar-refractivity contribution is -0.183. The van der Waals surface area contributed by atoms with Crippen molar-refractivity contribution in [1.29, 1.82) is 0 Å². The van der Waals surface area contributed by atoms with Crippen LogP contribution < -0.4 is 0 Å². The molecule has 20 heavy (non-hydrogen) atoms. The number of alkyl halides is 1. The second-order valence-electron chi connectivity index (χ2n) is 5.99. The molecule has 0 spiro atoms. The van der Waals surface area contributed by atoms with Crippen molar-refractivity contribution in [2.75, 3.05) is 12.4 Å². The van der Waals surface area contributed by atoms with E-state index < -0.39 is 42.3 Å². The molecule has 0 aromatic heterocycles. The predicted octanol–water partition coefficient (Wildman–Crippen LogP) is 1.39. The summed E-state index contributed by atoms with van der Waals surface area (Å²) in [6.45, 7) is 7.25. The van der Waals surface area contributed by atoms with Gasteiger partial charge in [0, 0.05) is 12.4 Å². The van der Waals surface area contributed by atoms with Crippen molar-refractivity contribution in [3.8, 4) is 0 Å². The summed E-state index contributed by atoms with van der Waals surface area (Å²) in [4.78, 5) is 0. The summed E-state index contributed by atoms with van der Waals surface area (Å²) in [5.41, 5.74) is 0. The van der Waals surface area contributed by atoms with Gasteiger partial charge in [0.1, 0.15) is 18.3 Å². The maximum absolute atomic E-state index is 10.1. The van der Waals surface area contributed by atoms with Gasteiger partial charge in [0.05, 0.1) is 6.10 Å². The van der Waals surface area contributed by atoms with Gasteiger partial charge in [0.2, 0.25) is 0 Å². The summed E-state index contributed by atoms with van der Waals surface area (Å²) in [5.74, 6) is -1.54. The number of rotatable bonds is 4. The highest BCUT2D eigenvalue weighted by Gasteiger charge is 2.55. The van der Waals surface area contributed by atoms with Gasteiger partial charge < -0.3 is 28.8 Å². The van der Waals surface area contributed by atoms with Crippen molar-refractivity contribution in [1.82, 2.24) is 0 Å². The molecule has 0 aliphatic carbocycles. The topological polar surface area (TPSA) is 66.4 Å². The molecule has 2 rings (SSSR count). The molecular formula is C13H23BrO6. The standard InChI is InChI=1S/C13H23BrO6/c1-12(2)17-8(7(15)6-14)9(18-12)10-11(16-5)20-13(3,4)19-10/h7-11,15H,6H2,1-5H3/t7-,8-,9+,10-,11?/m1/s1. The summed E-state index contributed by atoms with van der Waals surface area (Å²) in [5, 5.41) is 10.5. The fraction of sp³-hybridized carbons (Fsp3) is 1.00. The third-order valence-corrected chi connectivity index (χ3v) is 4.01. The number of methoxy groups -OCH3 is 1. The van der Waals surface area contributed by atoms with Crippen LogP contribution in [0.1, 0.15) is 27.7 Å².